The highest BCUT2D eigenvalue weighted by Gasteiger charge is 2.31. The second-order valence-electron chi connectivity index (χ2n) is 5.03. The molecule has 0 saturated heterocycles. The lowest BCUT2D eigenvalue weighted by Crippen LogP contribution is -2.36. The van der Waals surface area contributed by atoms with Crippen molar-refractivity contribution in [2.45, 2.75) is 32.4 Å². The monoisotopic (exact) mass is 280 g/mol. The fraction of sp³-hybridized carbons (Fsp3) is 0.533. The summed E-state index contributed by atoms with van der Waals surface area (Å²) < 4.78 is 18.9. The van der Waals surface area contributed by atoms with E-state index in [1.54, 1.807) is 13.1 Å². The molecule has 1 aliphatic carbocycles. The predicted molar refractivity (Wildman–Crippen MR) is 75.1 cm³/mol. The van der Waals surface area contributed by atoms with Crippen LogP contribution in [0.2, 0.25) is 0 Å². The number of likely N-dealkylation sites (N-methyl/N-ethyl adjacent to an activating group) is 1. The summed E-state index contributed by atoms with van der Waals surface area (Å²) in [5.41, 5.74) is 0.796. The molecule has 0 unspecified atom stereocenters. The third-order valence-corrected chi connectivity index (χ3v) is 3.32. The Morgan fingerprint density at radius 2 is 2.20 bits per heavy atom. The normalized spacial score (nSPS) is 14.2. The number of hydrogen-bond donors (Lipinski definition) is 1. The highest BCUT2D eigenvalue weighted by molar-refractivity contribution is 5.78. The molecule has 2 rings (SSSR count). The number of benzene rings is 1. The van der Waals surface area contributed by atoms with Gasteiger partial charge in [0.15, 0.2) is 6.61 Å². The number of amides is 1. The Labute approximate surface area is 118 Å². The quantitative estimate of drug-likeness (QED) is 0.830. The van der Waals surface area contributed by atoms with Gasteiger partial charge in [0, 0.05) is 25.2 Å². The minimum absolute atomic E-state index is 0.0329. The lowest BCUT2D eigenvalue weighted by atomic mass is 10.2. The van der Waals surface area contributed by atoms with Gasteiger partial charge in [0.25, 0.3) is 5.91 Å². The van der Waals surface area contributed by atoms with Crippen LogP contribution in [-0.4, -0.2) is 37.0 Å². The van der Waals surface area contributed by atoms with E-state index in [1.165, 1.54) is 12.1 Å². The summed E-state index contributed by atoms with van der Waals surface area (Å²) in [5, 5.41) is 2.96. The van der Waals surface area contributed by atoms with Gasteiger partial charge in [-0.1, -0.05) is 0 Å². The van der Waals surface area contributed by atoms with Gasteiger partial charge in [-0.15, -0.1) is 0 Å². The lowest BCUT2D eigenvalue weighted by molar-refractivity contribution is -0.133. The average molecular weight is 280 g/mol. The van der Waals surface area contributed by atoms with Crippen molar-refractivity contribution in [3.8, 4) is 5.75 Å². The maximum Gasteiger partial charge on any atom is 0.260 e. The SMILES string of the molecule is CCN(C(=O)COc1cc(F)cc(CNC)c1)C1CC1. The second kappa shape index (κ2) is 6.70. The van der Waals surface area contributed by atoms with Gasteiger partial charge in [-0.25, -0.2) is 4.39 Å². The van der Waals surface area contributed by atoms with Crippen LogP contribution >= 0.6 is 0 Å². The molecule has 0 bridgehead atoms. The molecule has 1 N–H and O–H groups in total. The molecule has 4 nitrogen and oxygen atoms in total. The van der Waals surface area contributed by atoms with Crippen molar-refractivity contribution in [2.75, 3.05) is 20.2 Å². The Bertz CT molecular complexity index is 475. The van der Waals surface area contributed by atoms with E-state index in [-0.39, 0.29) is 18.3 Å². The van der Waals surface area contributed by atoms with Crippen molar-refractivity contribution in [1.82, 2.24) is 10.2 Å². The fourth-order valence-electron chi connectivity index (χ4n) is 2.26. The van der Waals surface area contributed by atoms with Gasteiger partial charge in [-0.2, -0.15) is 0 Å². The van der Waals surface area contributed by atoms with Crippen molar-refractivity contribution < 1.29 is 13.9 Å². The molecule has 1 amide bonds. The van der Waals surface area contributed by atoms with Crippen LogP contribution in [0.25, 0.3) is 0 Å². The number of nitrogens with zero attached hydrogens (tertiary/aromatic N) is 1. The zero-order valence-electron chi connectivity index (χ0n) is 12.0. The van der Waals surface area contributed by atoms with Crippen molar-refractivity contribution in [3.05, 3.63) is 29.6 Å². The predicted octanol–water partition coefficient (Wildman–Crippen LogP) is 1.93. The Hall–Kier alpha value is -1.62. The van der Waals surface area contributed by atoms with E-state index >= 15 is 0 Å². The molecule has 0 aromatic heterocycles. The molecule has 1 saturated carbocycles. The largest absolute Gasteiger partial charge is 0.484 e. The molecule has 5 heteroatoms. The van der Waals surface area contributed by atoms with Crippen LogP contribution in [0.1, 0.15) is 25.3 Å². The fourth-order valence-corrected chi connectivity index (χ4v) is 2.26. The number of ether oxygens (including phenoxy) is 1. The number of halogens is 1. The Kier molecular flexibility index (Phi) is 4.95. The first-order chi connectivity index (χ1) is 9.63. The van der Waals surface area contributed by atoms with Gasteiger partial charge in [-0.3, -0.25) is 4.79 Å². The average Bonchev–Trinajstić information content (AvgIpc) is 3.22. The molecule has 0 radical (unpaired) electrons. The van der Waals surface area contributed by atoms with Gasteiger partial charge >= 0.3 is 0 Å². The number of carbonyl (C=O) groups is 1. The van der Waals surface area contributed by atoms with Crippen molar-refractivity contribution in [1.29, 1.82) is 0 Å². The minimum Gasteiger partial charge on any atom is -0.484 e. The Morgan fingerprint density at radius 3 is 2.80 bits per heavy atom. The summed E-state index contributed by atoms with van der Waals surface area (Å²) in [7, 11) is 1.80. The molecule has 0 spiro atoms. The van der Waals surface area contributed by atoms with Crippen LogP contribution in [0.5, 0.6) is 5.75 Å². The Morgan fingerprint density at radius 1 is 1.45 bits per heavy atom. The van der Waals surface area contributed by atoms with Crippen molar-refractivity contribution >= 4 is 5.91 Å². The van der Waals surface area contributed by atoms with Crippen LogP contribution in [0.3, 0.4) is 0 Å². The lowest BCUT2D eigenvalue weighted by Gasteiger charge is -2.20. The number of nitrogens with one attached hydrogen (secondary N) is 1. The van der Waals surface area contributed by atoms with Gasteiger partial charge < -0.3 is 15.0 Å². The van der Waals surface area contributed by atoms with Crippen LogP contribution in [0.4, 0.5) is 4.39 Å². The summed E-state index contributed by atoms with van der Waals surface area (Å²) in [6.45, 7) is 3.18. The van der Waals surface area contributed by atoms with Crippen LogP contribution in [-0.2, 0) is 11.3 Å². The van der Waals surface area contributed by atoms with E-state index in [1.807, 2.05) is 11.8 Å². The summed E-state index contributed by atoms with van der Waals surface area (Å²) in [6.07, 6.45) is 2.15. The van der Waals surface area contributed by atoms with Gasteiger partial charge in [-0.05, 0) is 44.5 Å². The standard InChI is InChI=1S/C15H21FN2O2/c1-3-18(13-4-5-13)15(19)10-20-14-7-11(9-17-2)6-12(16)8-14/h6-8,13,17H,3-5,9-10H2,1-2H3. The van der Waals surface area contributed by atoms with E-state index in [4.69, 9.17) is 4.74 Å². The van der Waals surface area contributed by atoms with Crippen molar-refractivity contribution in [3.63, 3.8) is 0 Å². The summed E-state index contributed by atoms with van der Waals surface area (Å²) in [5.74, 6) is 0.0135. The van der Waals surface area contributed by atoms with Gasteiger partial charge in [0.1, 0.15) is 11.6 Å². The van der Waals surface area contributed by atoms with E-state index < -0.39 is 0 Å². The molecule has 20 heavy (non-hydrogen) atoms. The maximum absolute atomic E-state index is 13.4. The van der Waals surface area contributed by atoms with E-state index in [9.17, 15) is 9.18 Å². The van der Waals surface area contributed by atoms with Gasteiger partial charge in [0.2, 0.25) is 0 Å². The molecule has 0 atom stereocenters. The first kappa shape index (κ1) is 14.8. The smallest absolute Gasteiger partial charge is 0.260 e. The maximum atomic E-state index is 13.4. The molecule has 1 fully saturated rings. The van der Waals surface area contributed by atoms with E-state index in [2.05, 4.69) is 5.32 Å². The number of hydrogen-bond acceptors (Lipinski definition) is 3. The number of rotatable bonds is 7. The van der Waals surface area contributed by atoms with Gasteiger partial charge in [0.05, 0.1) is 0 Å². The van der Waals surface area contributed by atoms with E-state index in [0.29, 0.717) is 24.9 Å². The summed E-state index contributed by atoms with van der Waals surface area (Å²) >= 11 is 0. The third kappa shape index (κ3) is 3.93. The zero-order valence-corrected chi connectivity index (χ0v) is 12.0. The highest BCUT2D eigenvalue weighted by Crippen LogP contribution is 2.26. The van der Waals surface area contributed by atoms with E-state index in [0.717, 1.165) is 18.4 Å². The minimum atomic E-state index is -0.352. The molecule has 110 valence electrons. The Balaban J connectivity index is 1.94. The molecule has 1 aromatic rings. The highest BCUT2D eigenvalue weighted by atomic mass is 19.1. The topological polar surface area (TPSA) is 41.6 Å². The first-order valence-corrected chi connectivity index (χ1v) is 7.00. The number of carbonyl (C=O) groups excluding carboxylic acids is 1. The zero-order chi connectivity index (χ0) is 14.5. The molecule has 1 aliphatic rings. The molecule has 1 aromatic carbocycles. The molecular weight excluding hydrogens is 259 g/mol. The first-order valence-electron chi connectivity index (χ1n) is 7.00. The van der Waals surface area contributed by atoms with Crippen LogP contribution in [0.15, 0.2) is 18.2 Å². The molecule has 0 heterocycles. The van der Waals surface area contributed by atoms with Crippen molar-refractivity contribution in [2.24, 2.45) is 0 Å². The summed E-state index contributed by atoms with van der Waals surface area (Å²) in [6, 6.07) is 4.89. The molecular formula is C15H21FN2O2. The van der Waals surface area contributed by atoms with Crippen LogP contribution in [0, 0.1) is 5.82 Å². The van der Waals surface area contributed by atoms with Crippen LogP contribution < -0.4 is 10.1 Å². The molecule has 0 aliphatic heterocycles. The second-order valence-corrected chi connectivity index (χ2v) is 5.03. The summed E-state index contributed by atoms with van der Waals surface area (Å²) in [4.78, 5) is 13.8. The third-order valence-electron chi connectivity index (χ3n) is 3.32.